The number of hydrogen-bond acceptors (Lipinski definition) is 5. The summed E-state index contributed by atoms with van der Waals surface area (Å²) in [7, 11) is 1.63. The fourth-order valence-corrected chi connectivity index (χ4v) is 4.20. The van der Waals surface area contributed by atoms with Gasteiger partial charge in [0.1, 0.15) is 16.3 Å². The number of carbonyl (C=O) groups excluding carboxylic acids is 2. The summed E-state index contributed by atoms with van der Waals surface area (Å²) in [6.07, 6.45) is 4.96. The molecule has 1 unspecified atom stereocenters. The van der Waals surface area contributed by atoms with Gasteiger partial charge in [0.15, 0.2) is 0 Å². The molecule has 1 fully saturated rings. The lowest BCUT2D eigenvalue weighted by Crippen LogP contribution is -2.43. The van der Waals surface area contributed by atoms with Crippen molar-refractivity contribution in [3.8, 4) is 16.3 Å². The lowest BCUT2D eigenvalue weighted by Gasteiger charge is -2.21. The summed E-state index contributed by atoms with van der Waals surface area (Å²) in [5.41, 5.74) is 0.853. The normalized spacial score (nSPS) is 19.2. The molecule has 1 aliphatic heterocycles. The van der Waals surface area contributed by atoms with Crippen molar-refractivity contribution in [2.75, 3.05) is 7.11 Å². The number of amides is 3. The van der Waals surface area contributed by atoms with Crippen LogP contribution in [0.15, 0.2) is 29.6 Å². The molecular weight excluding hydrogens is 374 g/mol. The van der Waals surface area contributed by atoms with Gasteiger partial charge in [-0.25, -0.2) is 9.78 Å². The van der Waals surface area contributed by atoms with E-state index in [4.69, 9.17) is 4.74 Å². The molecule has 1 aliphatic rings. The first-order chi connectivity index (χ1) is 13.5. The van der Waals surface area contributed by atoms with Crippen LogP contribution < -0.4 is 10.1 Å². The van der Waals surface area contributed by atoms with Crippen molar-refractivity contribution < 1.29 is 14.3 Å². The minimum Gasteiger partial charge on any atom is -0.497 e. The third-order valence-corrected chi connectivity index (χ3v) is 6.00. The average molecular weight is 402 g/mol. The van der Waals surface area contributed by atoms with Gasteiger partial charge in [-0.2, -0.15) is 0 Å². The maximum Gasteiger partial charge on any atom is 0.325 e. The smallest absolute Gasteiger partial charge is 0.325 e. The highest BCUT2D eigenvalue weighted by Gasteiger charge is 2.47. The summed E-state index contributed by atoms with van der Waals surface area (Å²) in [4.78, 5) is 31.2. The van der Waals surface area contributed by atoms with Gasteiger partial charge in [0, 0.05) is 10.9 Å². The Kier molecular flexibility index (Phi) is 6.34. The lowest BCUT2D eigenvalue weighted by atomic mass is 9.94. The van der Waals surface area contributed by atoms with Gasteiger partial charge in [-0.3, -0.25) is 9.69 Å². The maximum absolute atomic E-state index is 12.9. The second-order valence-electron chi connectivity index (χ2n) is 7.34. The summed E-state index contributed by atoms with van der Waals surface area (Å²) in [6.45, 7) is 4.16. The van der Waals surface area contributed by atoms with E-state index in [1.807, 2.05) is 36.6 Å². The number of imide groups is 1. The van der Waals surface area contributed by atoms with Crippen LogP contribution in [0.25, 0.3) is 10.6 Å². The van der Waals surface area contributed by atoms with Gasteiger partial charge in [-0.15, -0.1) is 11.3 Å². The van der Waals surface area contributed by atoms with Gasteiger partial charge in [-0.05, 0) is 25.5 Å². The second-order valence-corrected chi connectivity index (χ2v) is 8.20. The molecule has 1 aromatic heterocycles. The van der Waals surface area contributed by atoms with Gasteiger partial charge < -0.3 is 10.1 Å². The van der Waals surface area contributed by atoms with E-state index in [0.717, 1.165) is 42.0 Å². The number of ether oxygens (including phenoxy) is 1. The van der Waals surface area contributed by atoms with E-state index >= 15 is 0 Å². The van der Waals surface area contributed by atoms with Crippen LogP contribution in [-0.2, 0) is 11.3 Å². The van der Waals surface area contributed by atoms with E-state index < -0.39 is 5.54 Å². The van der Waals surface area contributed by atoms with E-state index in [1.165, 1.54) is 16.2 Å². The van der Waals surface area contributed by atoms with Gasteiger partial charge in [0.25, 0.3) is 5.91 Å². The molecule has 28 heavy (non-hydrogen) atoms. The van der Waals surface area contributed by atoms with Crippen molar-refractivity contribution in [1.29, 1.82) is 0 Å². The van der Waals surface area contributed by atoms with E-state index in [1.54, 1.807) is 7.11 Å². The molecule has 3 rings (SSSR count). The third-order valence-electron chi connectivity index (χ3n) is 5.06. The first kappa shape index (κ1) is 20.3. The first-order valence-electron chi connectivity index (χ1n) is 9.70. The largest absolute Gasteiger partial charge is 0.497 e. The highest BCUT2D eigenvalue weighted by atomic mass is 32.1. The fourth-order valence-electron chi connectivity index (χ4n) is 3.40. The van der Waals surface area contributed by atoms with Crippen LogP contribution in [0.5, 0.6) is 5.75 Å². The first-order valence-corrected chi connectivity index (χ1v) is 10.6. The Balaban J connectivity index is 1.67. The van der Waals surface area contributed by atoms with Crippen LogP contribution in [-0.4, -0.2) is 34.5 Å². The number of carbonyl (C=O) groups is 2. The zero-order chi connectivity index (χ0) is 20.1. The Bertz CT molecular complexity index is 851. The molecule has 2 heterocycles. The van der Waals surface area contributed by atoms with Crippen molar-refractivity contribution >= 4 is 23.3 Å². The number of rotatable bonds is 9. The topological polar surface area (TPSA) is 71.5 Å². The zero-order valence-corrected chi connectivity index (χ0v) is 17.5. The predicted octanol–water partition coefficient (Wildman–Crippen LogP) is 4.60. The standard InChI is InChI=1S/C21H27N3O3S/c1-4-5-6-7-11-21(2)19(25)24(20(26)23-21)13-16-14-28-18(22-16)15-9-8-10-17(12-15)27-3/h8-10,12,14H,4-7,11,13H2,1-3H3,(H,23,26). The van der Waals surface area contributed by atoms with Crippen LogP contribution >= 0.6 is 11.3 Å². The number of aromatic nitrogens is 1. The number of hydrogen-bond donors (Lipinski definition) is 1. The molecule has 0 saturated carbocycles. The highest BCUT2D eigenvalue weighted by Crippen LogP contribution is 2.29. The van der Waals surface area contributed by atoms with E-state index in [9.17, 15) is 9.59 Å². The Labute approximate surface area is 169 Å². The van der Waals surface area contributed by atoms with E-state index in [2.05, 4.69) is 17.2 Å². The molecule has 0 spiro atoms. The number of nitrogens with one attached hydrogen (secondary N) is 1. The average Bonchev–Trinajstić information content (AvgIpc) is 3.25. The van der Waals surface area contributed by atoms with Crippen LogP contribution in [0.2, 0.25) is 0 Å². The number of benzene rings is 1. The Morgan fingerprint density at radius 3 is 2.82 bits per heavy atom. The molecule has 1 saturated heterocycles. The quantitative estimate of drug-likeness (QED) is 0.492. The third kappa shape index (κ3) is 4.35. The van der Waals surface area contributed by atoms with E-state index in [0.29, 0.717) is 12.1 Å². The summed E-state index contributed by atoms with van der Waals surface area (Å²) < 4.78 is 5.26. The molecule has 7 heteroatoms. The van der Waals surface area contributed by atoms with Gasteiger partial charge in [0.05, 0.1) is 19.3 Å². The van der Waals surface area contributed by atoms with Gasteiger partial charge >= 0.3 is 6.03 Å². The molecule has 6 nitrogen and oxygen atoms in total. The van der Waals surface area contributed by atoms with Crippen LogP contribution in [0, 0.1) is 0 Å². The summed E-state index contributed by atoms with van der Waals surface area (Å²) in [5, 5.41) is 5.61. The van der Waals surface area contributed by atoms with Crippen LogP contribution in [0.3, 0.4) is 0 Å². The van der Waals surface area contributed by atoms with E-state index in [-0.39, 0.29) is 18.5 Å². The Morgan fingerprint density at radius 2 is 2.07 bits per heavy atom. The number of nitrogens with zero attached hydrogens (tertiary/aromatic N) is 2. The monoisotopic (exact) mass is 401 g/mol. The molecular formula is C21H27N3O3S. The van der Waals surface area contributed by atoms with Crippen LogP contribution in [0.4, 0.5) is 4.79 Å². The molecule has 3 amide bonds. The van der Waals surface area contributed by atoms with Crippen molar-refractivity contribution in [2.24, 2.45) is 0 Å². The van der Waals surface area contributed by atoms with Crippen molar-refractivity contribution in [2.45, 2.75) is 58.0 Å². The molecule has 150 valence electrons. The summed E-state index contributed by atoms with van der Waals surface area (Å²) in [6, 6.07) is 7.35. The van der Waals surface area contributed by atoms with Crippen molar-refractivity contribution in [3.63, 3.8) is 0 Å². The van der Waals surface area contributed by atoms with Gasteiger partial charge in [0.2, 0.25) is 0 Å². The SMILES string of the molecule is CCCCCCC1(C)NC(=O)N(Cc2csc(-c3cccc(OC)c3)n2)C1=O. The van der Waals surface area contributed by atoms with Crippen molar-refractivity contribution in [3.05, 3.63) is 35.3 Å². The Hall–Kier alpha value is -2.41. The summed E-state index contributed by atoms with van der Waals surface area (Å²) >= 11 is 1.49. The number of urea groups is 1. The molecule has 1 aromatic carbocycles. The van der Waals surface area contributed by atoms with Gasteiger partial charge in [-0.1, -0.05) is 44.7 Å². The molecule has 0 aliphatic carbocycles. The zero-order valence-electron chi connectivity index (χ0n) is 16.7. The second kappa shape index (κ2) is 8.73. The predicted molar refractivity (Wildman–Crippen MR) is 110 cm³/mol. The Morgan fingerprint density at radius 1 is 1.25 bits per heavy atom. The highest BCUT2D eigenvalue weighted by molar-refractivity contribution is 7.13. The van der Waals surface area contributed by atoms with Crippen molar-refractivity contribution in [1.82, 2.24) is 15.2 Å². The molecule has 1 N–H and O–H groups in total. The molecule has 0 bridgehead atoms. The van der Waals surface area contributed by atoms with Crippen LogP contribution in [0.1, 0.15) is 51.6 Å². The molecule has 1 atom stereocenters. The fraction of sp³-hybridized carbons (Fsp3) is 0.476. The summed E-state index contributed by atoms with van der Waals surface area (Å²) in [5.74, 6) is 0.604. The maximum atomic E-state index is 12.9. The minimum atomic E-state index is -0.809. The molecule has 2 aromatic rings. The molecule has 0 radical (unpaired) electrons. The minimum absolute atomic E-state index is 0.162. The number of unbranched alkanes of at least 4 members (excludes halogenated alkanes) is 3. The lowest BCUT2D eigenvalue weighted by molar-refractivity contribution is -0.131. The number of thiazole rings is 1. The number of methoxy groups -OCH3 is 1.